The zero-order valence-corrected chi connectivity index (χ0v) is 14.5. The van der Waals surface area contributed by atoms with Gasteiger partial charge in [-0.3, -0.25) is 9.59 Å². The van der Waals surface area contributed by atoms with Crippen molar-refractivity contribution in [3.8, 4) is 0 Å². The number of carboxylic acid groups (broad SMARTS) is 1. The highest BCUT2D eigenvalue weighted by Crippen LogP contribution is 2.27. The number of rotatable bonds is 7. The van der Waals surface area contributed by atoms with E-state index in [1.165, 1.54) is 6.07 Å². The number of halogens is 2. The van der Waals surface area contributed by atoms with Gasteiger partial charge < -0.3 is 10.0 Å². The van der Waals surface area contributed by atoms with Gasteiger partial charge in [-0.15, -0.1) is 0 Å². The minimum Gasteiger partial charge on any atom is -0.481 e. The monoisotopic (exact) mass is 345 g/mol. The van der Waals surface area contributed by atoms with Gasteiger partial charge in [0.15, 0.2) is 0 Å². The molecule has 0 unspecified atom stereocenters. The van der Waals surface area contributed by atoms with Gasteiger partial charge in [-0.1, -0.05) is 30.1 Å². The number of benzene rings is 1. The predicted molar refractivity (Wildman–Crippen MR) is 88.7 cm³/mol. The minimum absolute atomic E-state index is 0.0257. The van der Waals surface area contributed by atoms with Crippen LogP contribution in [0, 0.1) is 0 Å². The third-order valence-electron chi connectivity index (χ3n) is 3.77. The van der Waals surface area contributed by atoms with Gasteiger partial charge in [0.05, 0.1) is 10.6 Å². The van der Waals surface area contributed by atoms with Crippen molar-refractivity contribution in [1.82, 2.24) is 4.90 Å². The number of hydrogen-bond donors (Lipinski definition) is 1. The zero-order chi connectivity index (χ0) is 16.9. The maximum atomic E-state index is 12.8. The van der Waals surface area contributed by atoms with Crippen LogP contribution in [0.4, 0.5) is 0 Å². The molecular formula is C16H21Cl2NO3. The van der Waals surface area contributed by atoms with E-state index in [4.69, 9.17) is 28.3 Å². The smallest absolute Gasteiger partial charge is 0.303 e. The van der Waals surface area contributed by atoms with Gasteiger partial charge in [0, 0.05) is 23.5 Å². The molecule has 0 atom stereocenters. The summed E-state index contributed by atoms with van der Waals surface area (Å²) in [5, 5.41) is 9.54. The molecule has 1 N–H and O–H groups in total. The van der Waals surface area contributed by atoms with E-state index in [1.54, 1.807) is 17.0 Å². The average molecular weight is 346 g/mol. The molecule has 1 amide bonds. The zero-order valence-electron chi connectivity index (χ0n) is 13.0. The Labute approximate surface area is 141 Å². The molecule has 0 aliphatic rings. The first-order valence-electron chi connectivity index (χ1n) is 7.18. The summed E-state index contributed by atoms with van der Waals surface area (Å²) >= 11 is 12.0. The topological polar surface area (TPSA) is 57.6 Å². The number of aliphatic carboxylic acids is 1. The van der Waals surface area contributed by atoms with Crippen molar-refractivity contribution in [3.63, 3.8) is 0 Å². The van der Waals surface area contributed by atoms with Crippen LogP contribution in [0.5, 0.6) is 0 Å². The van der Waals surface area contributed by atoms with Gasteiger partial charge in [0.1, 0.15) is 0 Å². The molecular weight excluding hydrogens is 325 g/mol. The summed E-state index contributed by atoms with van der Waals surface area (Å²) < 4.78 is 0. The third kappa shape index (κ3) is 4.89. The molecule has 1 aromatic carbocycles. The standard InChI is InChI=1S/C16H21Cl2NO3/c1-4-16(2,3)19(9-5-6-14(20)21)15(22)12-8-7-11(17)10-13(12)18/h7-8,10H,4-6,9H2,1-3H3,(H,20,21). The van der Waals surface area contributed by atoms with E-state index in [-0.39, 0.29) is 12.3 Å². The van der Waals surface area contributed by atoms with E-state index in [9.17, 15) is 9.59 Å². The van der Waals surface area contributed by atoms with Crippen LogP contribution in [-0.2, 0) is 4.79 Å². The average Bonchev–Trinajstić information content (AvgIpc) is 2.42. The fourth-order valence-electron chi connectivity index (χ4n) is 2.07. The van der Waals surface area contributed by atoms with Crippen LogP contribution in [-0.4, -0.2) is 34.0 Å². The van der Waals surface area contributed by atoms with Gasteiger partial charge in [-0.2, -0.15) is 0 Å². The van der Waals surface area contributed by atoms with E-state index >= 15 is 0 Å². The van der Waals surface area contributed by atoms with Crippen molar-refractivity contribution in [2.24, 2.45) is 0 Å². The Kier molecular flexibility index (Phi) is 6.69. The minimum atomic E-state index is -0.869. The fourth-order valence-corrected chi connectivity index (χ4v) is 2.56. The Morgan fingerprint density at radius 2 is 1.91 bits per heavy atom. The summed E-state index contributed by atoms with van der Waals surface area (Å²) in [5.41, 5.74) is -0.0126. The first kappa shape index (κ1) is 18.8. The molecule has 0 spiro atoms. The number of carbonyl (C=O) groups excluding carboxylic acids is 1. The van der Waals surface area contributed by atoms with Gasteiger partial charge in [-0.25, -0.2) is 0 Å². The largest absolute Gasteiger partial charge is 0.481 e. The Hall–Kier alpha value is -1.26. The molecule has 0 radical (unpaired) electrons. The summed E-state index contributed by atoms with van der Waals surface area (Å²) in [6.07, 6.45) is 1.17. The van der Waals surface area contributed by atoms with Crippen LogP contribution >= 0.6 is 23.2 Å². The number of carbonyl (C=O) groups is 2. The third-order valence-corrected chi connectivity index (χ3v) is 4.32. The molecule has 0 aliphatic heterocycles. The molecule has 0 bridgehead atoms. The summed E-state index contributed by atoms with van der Waals surface area (Å²) in [6, 6.07) is 4.75. The van der Waals surface area contributed by atoms with Crippen molar-refractivity contribution in [2.75, 3.05) is 6.54 Å². The molecule has 4 nitrogen and oxygen atoms in total. The molecule has 122 valence electrons. The number of amides is 1. The summed E-state index contributed by atoms with van der Waals surface area (Å²) in [7, 11) is 0. The van der Waals surface area contributed by atoms with Crippen molar-refractivity contribution in [2.45, 2.75) is 45.6 Å². The lowest BCUT2D eigenvalue weighted by Crippen LogP contribution is -2.48. The highest BCUT2D eigenvalue weighted by Gasteiger charge is 2.30. The van der Waals surface area contributed by atoms with Crippen LogP contribution in [0.2, 0.25) is 10.0 Å². The predicted octanol–water partition coefficient (Wildman–Crippen LogP) is 4.49. The molecule has 0 fully saturated rings. The lowest BCUT2D eigenvalue weighted by Gasteiger charge is -2.38. The van der Waals surface area contributed by atoms with Crippen molar-refractivity contribution in [3.05, 3.63) is 33.8 Å². The normalized spacial score (nSPS) is 11.3. The molecule has 0 aliphatic carbocycles. The lowest BCUT2D eigenvalue weighted by atomic mass is 9.97. The van der Waals surface area contributed by atoms with E-state index in [0.717, 1.165) is 6.42 Å². The molecule has 1 aromatic rings. The highest BCUT2D eigenvalue weighted by atomic mass is 35.5. The first-order valence-corrected chi connectivity index (χ1v) is 7.93. The fraction of sp³-hybridized carbons (Fsp3) is 0.500. The number of nitrogens with zero attached hydrogens (tertiary/aromatic N) is 1. The maximum Gasteiger partial charge on any atom is 0.303 e. The van der Waals surface area contributed by atoms with Crippen molar-refractivity contribution >= 4 is 35.1 Å². The second-order valence-electron chi connectivity index (χ2n) is 5.74. The summed E-state index contributed by atoms with van der Waals surface area (Å²) in [4.78, 5) is 25.2. The van der Waals surface area contributed by atoms with Crippen LogP contribution in [0.25, 0.3) is 0 Å². The SMILES string of the molecule is CCC(C)(C)N(CCCC(=O)O)C(=O)c1ccc(Cl)cc1Cl. The Morgan fingerprint density at radius 1 is 1.27 bits per heavy atom. The maximum absolute atomic E-state index is 12.8. The van der Waals surface area contributed by atoms with Crippen LogP contribution < -0.4 is 0 Å². The molecule has 0 saturated heterocycles. The molecule has 0 aromatic heterocycles. The van der Waals surface area contributed by atoms with Crippen molar-refractivity contribution < 1.29 is 14.7 Å². The van der Waals surface area contributed by atoms with Gasteiger partial charge in [-0.05, 0) is 44.9 Å². The van der Waals surface area contributed by atoms with E-state index < -0.39 is 11.5 Å². The van der Waals surface area contributed by atoms with Gasteiger partial charge in [0.2, 0.25) is 0 Å². The lowest BCUT2D eigenvalue weighted by molar-refractivity contribution is -0.137. The molecule has 22 heavy (non-hydrogen) atoms. The first-order chi connectivity index (χ1) is 10.2. The highest BCUT2D eigenvalue weighted by molar-refractivity contribution is 6.36. The summed E-state index contributed by atoms with van der Waals surface area (Å²) in [6.45, 7) is 6.26. The van der Waals surface area contributed by atoms with Crippen LogP contribution in [0.1, 0.15) is 50.4 Å². The Bertz CT molecular complexity index is 558. The molecule has 0 saturated carbocycles. The second kappa shape index (κ2) is 7.84. The van der Waals surface area contributed by atoms with Crippen molar-refractivity contribution in [1.29, 1.82) is 0 Å². The Balaban J connectivity index is 3.03. The molecule has 6 heteroatoms. The van der Waals surface area contributed by atoms with Crippen LogP contribution in [0.3, 0.4) is 0 Å². The van der Waals surface area contributed by atoms with Crippen LogP contribution in [0.15, 0.2) is 18.2 Å². The van der Waals surface area contributed by atoms with Gasteiger partial charge >= 0.3 is 5.97 Å². The van der Waals surface area contributed by atoms with E-state index in [0.29, 0.717) is 28.6 Å². The molecule has 1 rings (SSSR count). The summed E-state index contributed by atoms with van der Waals surface area (Å²) in [5.74, 6) is -1.08. The van der Waals surface area contributed by atoms with Gasteiger partial charge in [0.25, 0.3) is 5.91 Å². The quantitative estimate of drug-likeness (QED) is 0.791. The second-order valence-corrected chi connectivity index (χ2v) is 6.59. The van der Waals surface area contributed by atoms with E-state index in [1.807, 2.05) is 20.8 Å². The molecule has 0 heterocycles. The Morgan fingerprint density at radius 3 is 2.41 bits per heavy atom. The van der Waals surface area contributed by atoms with E-state index in [2.05, 4.69) is 0 Å². The number of carboxylic acids is 1. The number of hydrogen-bond acceptors (Lipinski definition) is 2.